The van der Waals surface area contributed by atoms with Gasteiger partial charge in [0, 0.05) is 36.3 Å². The van der Waals surface area contributed by atoms with Crippen molar-refractivity contribution in [2.24, 2.45) is 11.8 Å². The van der Waals surface area contributed by atoms with Crippen molar-refractivity contribution in [1.29, 1.82) is 0 Å². The van der Waals surface area contributed by atoms with E-state index in [1.165, 1.54) is 0 Å². The van der Waals surface area contributed by atoms with Crippen LogP contribution in [0.1, 0.15) is 43.5 Å². The van der Waals surface area contributed by atoms with Gasteiger partial charge in [0.15, 0.2) is 30.7 Å². The molecule has 2 aliphatic rings. The molecule has 41 heavy (non-hydrogen) atoms. The Morgan fingerprint density at radius 2 is 1.44 bits per heavy atom. The fraction of sp³-hybridized carbons (Fsp3) is 0.742. The molecule has 0 bridgehead atoms. The molecule has 0 N–H and O–H groups in total. The highest BCUT2D eigenvalue weighted by molar-refractivity contribution is 6.70. The summed E-state index contributed by atoms with van der Waals surface area (Å²) in [6.07, 6.45) is 0.454. The predicted octanol–water partition coefficient (Wildman–Crippen LogP) is 6.71. The van der Waals surface area contributed by atoms with E-state index in [1.54, 1.807) is 12.1 Å². The lowest BCUT2D eigenvalue weighted by Crippen LogP contribution is -2.58. The van der Waals surface area contributed by atoms with E-state index in [4.69, 9.17) is 22.8 Å². The molecule has 3 rings (SSSR count). The molecule has 2 saturated heterocycles. The molecule has 232 valence electrons. The third kappa shape index (κ3) is 11.2. The second kappa shape index (κ2) is 13.8. The number of ketones is 2. The number of Topliss-reactive ketones (excluding diaryl/α,β-unsaturated/α-hetero) is 2. The Labute approximate surface area is 251 Å². The van der Waals surface area contributed by atoms with Crippen molar-refractivity contribution in [2.75, 3.05) is 6.61 Å². The minimum Gasteiger partial charge on any atom is -0.415 e. The highest BCUT2D eigenvalue weighted by atomic mass is 28.4. The summed E-state index contributed by atoms with van der Waals surface area (Å²) in [5.74, 6) is -0.123. The van der Waals surface area contributed by atoms with Crippen LogP contribution in [-0.2, 0) is 27.5 Å². The minimum atomic E-state index is -2.00. The Hall–Kier alpha value is -0.989. The lowest BCUT2D eigenvalue weighted by molar-refractivity contribution is -0.158. The van der Waals surface area contributed by atoms with Gasteiger partial charge >= 0.3 is 0 Å². The quantitative estimate of drug-likeness (QED) is 0.0931. The van der Waals surface area contributed by atoms with Crippen LogP contribution in [0.4, 0.5) is 0 Å². The molecule has 0 radical (unpaired) electrons. The fourth-order valence-corrected chi connectivity index (χ4v) is 9.23. The van der Waals surface area contributed by atoms with Crippen LogP contribution in [0, 0.1) is 11.8 Å². The van der Waals surface area contributed by atoms with Gasteiger partial charge in [-0.2, -0.15) is 0 Å². The number of carbonyl (C=O) groups is 2. The van der Waals surface area contributed by atoms with E-state index in [0.29, 0.717) is 12.2 Å². The molecule has 0 aromatic heterocycles. The number of hydrogen-bond acceptors (Lipinski definition) is 7. The summed E-state index contributed by atoms with van der Waals surface area (Å²) in [5.41, 5.74) is 0.563. The smallest absolute Gasteiger partial charge is 0.184 e. The van der Waals surface area contributed by atoms with Crippen LogP contribution in [0.25, 0.3) is 0 Å². The van der Waals surface area contributed by atoms with Gasteiger partial charge in [-0.3, -0.25) is 9.59 Å². The zero-order valence-corrected chi connectivity index (χ0v) is 30.2. The van der Waals surface area contributed by atoms with Gasteiger partial charge in [-0.05, 0) is 65.8 Å². The van der Waals surface area contributed by atoms with Gasteiger partial charge in [0.2, 0.25) is 0 Å². The SMILES string of the molecule is C[C@@H]([C@@H]1O[C@H]1C[C@@H]1OC[C@H](CC(=O)CC(=O)c2ccccc2)[C@@H](O[Si](C)(C)C)[C@@H]1O[Si](C)(C)C)[C@H](C)O[Si](C)(C)C. The number of epoxide rings is 1. The standard InChI is InChI=1S/C31H54O7Si3/c1-21(22(2)36-39(3,4)5)29-28(35-29)19-27-31(38-41(9,10)11)30(37-40(6,7)8)24(20-34-27)17-25(32)18-26(33)23-15-13-12-14-16-23/h12-16,21-22,24,27-31H,17-20H2,1-11H3/t21-,22+,24+,27+,28+,29+,30-,31-/m1/s1. The van der Waals surface area contributed by atoms with E-state index in [0.717, 1.165) is 6.42 Å². The van der Waals surface area contributed by atoms with Crippen LogP contribution in [0.5, 0.6) is 0 Å². The normalized spacial score (nSPS) is 28.7. The Morgan fingerprint density at radius 3 is 2.00 bits per heavy atom. The second-order valence-corrected chi connectivity index (χ2v) is 28.3. The van der Waals surface area contributed by atoms with Gasteiger partial charge in [-0.25, -0.2) is 0 Å². The van der Waals surface area contributed by atoms with Gasteiger partial charge in [0.05, 0.1) is 43.5 Å². The van der Waals surface area contributed by atoms with Gasteiger partial charge in [-0.15, -0.1) is 0 Å². The lowest BCUT2D eigenvalue weighted by Gasteiger charge is -2.47. The molecule has 8 atom stereocenters. The zero-order valence-electron chi connectivity index (χ0n) is 27.2. The van der Waals surface area contributed by atoms with Crippen LogP contribution in [0.2, 0.25) is 58.9 Å². The first-order valence-electron chi connectivity index (χ1n) is 15.2. The summed E-state index contributed by atoms with van der Waals surface area (Å²) >= 11 is 0. The zero-order chi connectivity index (χ0) is 30.8. The highest BCUT2D eigenvalue weighted by Gasteiger charge is 2.51. The Kier molecular flexibility index (Phi) is 11.6. The van der Waals surface area contributed by atoms with E-state index in [2.05, 4.69) is 72.8 Å². The largest absolute Gasteiger partial charge is 0.415 e. The van der Waals surface area contributed by atoms with E-state index in [-0.39, 0.29) is 72.9 Å². The molecular weight excluding hydrogens is 569 g/mol. The summed E-state index contributed by atoms with van der Waals surface area (Å²) in [4.78, 5) is 25.9. The average Bonchev–Trinajstić information content (AvgIpc) is 3.59. The van der Waals surface area contributed by atoms with Gasteiger partial charge < -0.3 is 22.8 Å². The number of benzene rings is 1. The Bertz CT molecular complexity index is 1020. The fourth-order valence-electron chi connectivity index (χ4n) is 5.66. The van der Waals surface area contributed by atoms with E-state index < -0.39 is 25.0 Å². The maximum absolute atomic E-state index is 13.2. The number of hydrogen-bond donors (Lipinski definition) is 0. The molecular formula is C31H54O7Si3. The van der Waals surface area contributed by atoms with Crippen LogP contribution in [0.3, 0.4) is 0 Å². The lowest BCUT2D eigenvalue weighted by atomic mass is 9.85. The molecule has 7 nitrogen and oxygen atoms in total. The van der Waals surface area contributed by atoms with Crippen LogP contribution >= 0.6 is 0 Å². The third-order valence-corrected chi connectivity index (χ3v) is 10.5. The van der Waals surface area contributed by atoms with Crippen molar-refractivity contribution >= 4 is 36.5 Å². The van der Waals surface area contributed by atoms with Gasteiger partial charge in [0.25, 0.3) is 0 Å². The third-order valence-electron chi connectivity index (χ3n) is 7.49. The predicted molar refractivity (Wildman–Crippen MR) is 171 cm³/mol. The molecule has 0 unspecified atom stereocenters. The summed E-state index contributed by atoms with van der Waals surface area (Å²) in [6, 6.07) is 9.01. The summed E-state index contributed by atoms with van der Waals surface area (Å²) in [7, 11) is -5.65. The number of carbonyl (C=O) groups excluding carboxylic acids is 2. The maximum Gasteiger partial charge on any atom is 0.184 e. The molecule has 1 aromatic carbocycles. The molecule has 2 fully saturated rings. The molecule has 1 aromatic rings. The first kappa shape index (κ1) is 34.5. The average molecular weight is 623 g/mol. The first-order chi connectivity index (χ1) is 18.8. The van der Waals surface area contributed by atoms with Crippen molar-refractivity contribution in [1.82, 2.24) is 0 Å². The summed E-state index contributed by atoms with van der Waals surface area (Å²) in [5, 5.41) is 0. The Morgan fingerprint density at radius 1 is 0.854 bits per heavy atom. The van der Waals surface area contributed by atoms with Crippen LogP contribution in [-0.4, -0.2) is 79.7 Å². The number of ether oxygens (including phenoxy) is 2. The van der Waals surface area contributed by atoms with Crippen molar-refractivity contribution < 1.29 is 32.3 Å². The van der Waals surface area contributed by atoms with Gasteiger partial charge in [-0.1, -0.05) is 37.3 Å². The second-order valence-electron chi connectivity index (χ2n) is 14.9. The van der Waals surface area contributed by atoms with E-state index in [1.807, 2.05) is 18.2 Å². The van der Waals surface area contributed by atoms with Crippen LogP contribution in [0.15, 0.2) is 30.3 Å². The number of rotatable bonds is 15. The van der Waals surface area contributed by atoms with Crippen molar-refractivity contribution in [2.45, 2.75) is 129 Å². The molecule has 2 heterocycles. The van der Waals surface area contributed by atoms with E-state index in [9.17, 15) is 9.59 Å². The maximum atomic E-state index is 13.2. The molecule has 0 saturated carbocycles. The van der Waals surface area contributed by atoms with Crippen LogP contribution < -0.4 is 0 Å². The van der Waals surface area contributed by atoms with Crippen molar-refractivity contribution in [3.8, 4) is 0 Å². The van der Waals surface area contributed by atoms with Crippen molar-refractivity contribution in [3.05, 3.63) is 35.9 Å². The molecule has 2 aliphatic heterocycles. The molecule has 0 spiro atoms. The molecule has 0 aliphatic carbocycles. The van der Waals surface area contributed by atoms with Crippen molar-refractivity contribution in [3.63, 3.8) is 0 Å². The minimum absolute atomic E-state index is 0.0855. The summed E-state index contributed by atoms with van der Waals surface area (Å²) in [6.45, 7) is 24.4. The first-order valence-corrected chi connectivity index (χ1v) is 25.5. The van der Waals surface area contributed by atoms with E-state index >= 15 is 0 Å². The molecule has 10 heteroatoms. The van der Waals surface area contributed by atoms with Gasteiger partial charge in [0.1, 0.15) is 5.78 Å². The summed E-state index contributed by atoms with van der Waals surface area (Å²) < 4.78 is 32.6. The highest BCUT2D eigenvalue weighted by Crippen LogP contribution is 2.40. The monoisotopic (exact) mass is 622 g/mol. The topological polar surface area (TPSA) is 83.6 Å². The molecule has 0 amide bonds. The Balaban J connectivity index is 1.74.